The van der Waals surface area contributed by atoms with Crippen molar-refractivity contribution < 1.29 is 63.0 Å². The molecule has 5 N–H and O–H groups in total. The molecule has 0 spiro atoms. The zero-order valence-corrected chi connectivity index (χ0v) is 24.2. The molecular weight excluding hydrogens is 607 g/mol. The van der Waals surface area contributed by atoms with Gasteiger partial charge < -0.3 is 45.1 Å². The van der Waals surface area contributed by atoms with Crippen molar-refractivity contribution in [1.82, 2.24) is 0 Å². The number of quaternary nitrogens is 2. The number of carboxylic acid groups (broad SMARTS) is 4. The third kappa shape index (κ3) is 12.9. The lowest BCUT2D eigenvalue weighted by Gasteiger charge is -2.33. The van der Waals surface area contributed by atoms with Crippen LogP contribution in [0.25, 0.3) is 0 Å². The number of carbonyl (C=O) groups is 4. The van der Waals surface area contributed by atoms with Crippen LogP contribution in [0.2, 0.25) is 0 Å². The van der Waals surface area contributed by atoms with Gasteiger partial charge in [-0.2, -0.15) is 13.2 Å². The molecule has 1 saturated heterocycles. The fraction of sp³-hybridized carbons (Fsp3) is 0.310. The van der Waals surface area contributed by atoms with Crippen LogP contribution in [0, 0.1) is 0 Å². The van der Waals surface area contributed by atoms with Gasteiger partial charge in [-0.25, -0.2) is 9.59 Å². The molecule has 0 saturated carbocycles. The van der Waals surface area contributed by atoms with Gasteiger partial charge in [0.2, 0.25) is 0 Å². The van der Waals surface area contributed by atoms with E-state index in [1.165, 1.54) is 38.2 Å². The van der Waals surface area contributed by atoms with Crippen LogP contribution in [0.1, 0.15) is 18.4 Å². The Balaban J connectivity index is 0.000000349. The quantitative estimate of drug-likeness (QED) is 0.270. The van der Waals surface area contributed by atoms with Crippen LogP contribution < -0.4 is 25.3 Å². The monoisotopic (exact) mass is 639 g/mol. The predicted molar refractivity (Wildman–Crippen MR) is 149 cm³/mol. The van der Waals surface area contributed by atoms with Gasteiger partial charge in [0.1, 0.15) is 13.1 Å². The van der Waals surface area contributed by atoms with E-state index in [0.717, 1.165) is 41.5 Å². The molecule has 4 rings (SSSR count). The van der Waals surface area contributed by atoms with E-state index in [2.05, 4.69) is 10.2 Å². The normalized spacial score (nSPS) is 16.0. The molecule has 2 aliphatic heterocycles. The van der Waals surface area contributed by atoms with Gasteiger partial charge in [-0.15, -0.1) is 0 Å². The molecule has 0 bridgehead atoms. The summed E-state index contributed by atoms with van der Waals surface area (Å²) in [5.74, 6) is -5.61. The summed E-state index contributed by atoms with van der Waals surface area (Å²) >= 11 is 1.55. The van der Waals surface area contributed by atoms with Crippen molar-refractivity contribution >= 4 is 47.0 Å². The predicted octanol–water partition coefficient (Wildman–Crippen LogP) is -0.696. The SMILES string of the molecule is FC(F)(F)c1ccc2c(c1)N(CCC[NH+]1CCC[NH2+]CC1)c1ccccc1S2.O=C([O-])/C=C/C(=O)O.O=C([O-])/C=C/C(=O)O. The second kappa shape index (κ2) is 17.7. The molecule has 2 aromatic rings. The van der Waals surface area contributed by atoms with Gasteiger partial charge in [0, 0.05) is 41.3 Å². The summed E-state index contributed by atoms with van der Waals surface area (Å²) in [4.78, 5) is 43.6. The average Bonchev–Trinajstić information content (AvgIpc) is 3.23. The van der Waals surface area contributed by atoms with E-state index < -0.39 is 35.6 Å². The summed E-state index contributed by atoms with van der Waals surface area (Å²) in [7, 11) is 0. The number of benzene rings is 2. The summed E-state index contributed by atoms with van der Waals surface area (Å²) in [5, 5.41) is 36.8. The van der Waals surface area contributed by atoms with Crippen LogP contribution in [-0.2, 0) is 25.4 Å². The van der Waals surface area contributed by atoms with E-state index in [9.17, 15) is 42.6 Å². The van der Waals surface area contributed by atoms with Gasteiger partial charge >= 0.3 is 18.1 Å². The topological polar surface area (TPSA) is 179 Å². The Morgan fingerprint density at radius 3 is 2.07 bits per heavy atom. The number of anilines is 2. The largest absolute Gasteiger partial charge is 0.545 e. The zero-order valence-electron chi connectivity index (χ0n) is 23.4. The molecule has 238 valence electrons. The molecule has 2 heterocycles. The molecule has 0 aliphatic carbocycles. The highest BCUT2D eigenvalue weighted by Gasteiger charge is 2.33. The molecule has 2 aliphatic rings. The van der Waals surface area contributed by atoms with E-state index in [1.807, 2.05) is 24.3 Å². The third-order valence-electron chi connectivity index (χ3n) is 6.23. The first kappa shape index (κ1) is 35.9. The zero-order chi connectivity index (χ0) is 32.7. The third-order valence-corrected chi connectivity index (χ3v) is 7.36. The Bertz CT molecular complexity index is 1290. The number of nitrogens with zero attached hydrogens (tertiary/aromatic N) is 1. The van der Waals surface area contributed by atoms with Gasteiger partial charge in [0.25, 0.3) is 0 Å². The van der Waals surface area contributed by atoms with Crippen LogP contribution in [0.15, 0.2) is 76.6 Å². The highest BCUT2D eigenvalue weighted by Crippen LogP contribution is 2.49. The van der Waals surface area contributed by atoms with Gasteiger partial charge in [-0.3, -0.25) is 0 Å². The Labute approximate surface area is 255 Å². The molecule has 0 radical (unpaired) electrons. The molecule has 15 heteroatoms. The molecule has 1 unspecified atom stereocenters. The molecule has 0 aromatic heterocycles. The maximum Gasteiger partial charge on any atom is 0.416 e. The number of nitrogens with one attached hydrogen (secondary N) is 1. The second-order valence-corrected chi connectivity index (χ2v) is 10.5. The number of nitrogens with two attached hydrogens (primary N) is 1. The maximum atomic E-state index is 13.3. The number of carbonyl (C=O) groups excluding carboxylic acids is 2. The fourth-order valence-electron chi connectivity index (χ4n) is 4.33. The Morgan fingerprint density at radius 1 is 0.886 bits per heavy atom. The van der Waals surface area contributed by atoms with E-state index >= 15 is 0 Å². The number of hydrogen-bond acceptors (Lipinski definition) is 8. The van der Waals surface area contributed by atoms with E-state index in [1.54, 1.807) is 22.7 Å². The minimum atomic E-state index is -4.32. The molecular formula is C29H32F3N3O8S. The van der Waals surface area contributed by atoms with Crippen molar-refractivity contribution in [2.75, 3.05) is 44.2 Å². The Morgan fingerprint density at radius 2 is 1.50 bits per heavy atom. The number of alkyl halides is 3. The summed E-state index contributed by atoms with van der Waals surface area (Å²) in [5.41, 5.74) is 1.11. The number of carboxylic acids is 4. The van der Waals surface area contributed by atoms with Crippen LogP contribution in [0.5, 0.6) is 0 Å². The molecule has 1 fully saturated rings. The first-order valence-electron chi connectivity index (χ1n) is 13.4. The van der Waals surface area contributed by atoms with Crippen molar-refractivity contribution in [3.8, 4) is 0 Å². The Kier molecular flexibility index (Phi) is 14.4. The van der Waals surface area contributed by atoms with Crippen molar-refractivity contribution in [2.45, 2.75) is 28.8 Å². The van der Waals surface area contributed by atoms with E-state index in [4.69, 9.17) is 10.2 Å². The summed E-state index contributed by atoms with van der Waals surface area (Å²) < 4.78 is 39.8. The lowest BCUT2D eigenvalue weighted by atomic mass is 10.1. The van der Waals surface area contributed by atoms with Crippen LogP contribution in [0.3, 0.4) is 0 Å². The lowest BCUT2D eigenvalue weighted by Crippen LogP contribution is -3.13. The van der Waals surface area contributed by atoms with Crippen LogP contribution >= 0.6 is 11.8 Å². The van der Waals surface area contributed by atoms with Gasteiger partial charge in [-0.05, 0) is 42.5 Å². The molecule has 2 aromatic carbocycles. The number of fused-ring (bicyclic) bond motifs is 2. The second-order valence-electron chi connectivity index (χ2n) is 9.46. The number of halogens is 3. The first-order valence-corrected chi connectivity index (χ1v) is 14.2. The number of para-hydroxylation sites is 1. The van der Waals surface area contributed by atoms with Gasteiger partial charge in [0.15, 0.2) is 0 Å². The highest BCUT2D eigenvalue weighted by atomic mass is 32.2. The lowest BCUT2D eigenvalue weighted by molar-refractivity contribution is -0.904. The van der Waals surface area contributed by atoms with Crippen molar-refractivity contribution in [3.63, 3.8) is 0 Å². The minimum absolute atomic E-state index is 0.447. The van der Waals surface area contributed by atoms with Crippen molar-refractivity contribution in [3.05, 3.63) is 72.3 Å². The van der Waals surface area contributed by atoms with Crippen molar-refractivity contribution in [1.29, 1.82) is 0 Å². The first-order chi connectivity index (χ1) is 20.8. The average molecular weight is 640 g/mol. The Hall–Kier alpha value is -4.34. The molecule has 1 atom stereocenters. The molecule has 44 heavy (non-hydrogen) atoms. The smallest absolute Gasteiger partial charge is 0.416 e. The van der Waals surface area contributed by atoms with Crippen molar-refractivity contribution in [2.24, 2.45) is 0 Å². The molecule has 0 amide bonds. The van der Waals surface area contributed by atoms with Gasteiger partial charge in [-0.1, -0.05) is 23.9 Å². The fourth-order valence-corrected chi connectivity index (χ4v) is 5.41. The molecule has 11 nitrogen and oxygen atoms in total. The summed E-state index contributed by atoms with van der Waals surface area (Å²) in [6.45, 7) is 6.52. The summed E-state index contributed by atoms with van der Waals surface area (Å²) in [6.07, 6.45) is -0.245. The van der Waals surface area contributed by atoms with E-state index in [-0.39, 0.29) is 0 Å². The maximum absolute atomic E-state index is 13.3. The highest BCUT2D eigenvalue weighted by molar-refractivity contribution is 7.99. The summed E-state index contributed by atoms with van der Waals surface area (Å²) in [6, 6.07) is 12.1. The van der Waals surface area contributed by atoms with Crippen LogP contribution in [-0.4, -0.2) is 73.4 Å². The number of aliphatic carboxylic acids is 4. The standard InChI is InChI=1S/C21H24F3N3S.2C4H4O4/c22-21(23,24)16-7-8-20-18(15-16)27(17-5-1-2-6-19(17)28-20)13-4-12-26-11-3-9-25-10-14-26;2*5-3(6)1-2-4(7)8/h1-2,5-8,15,25H,3-4,9-14H2;2*1-2H,(H,5,6)(H,7,8)/b;2*2-1+. The minimum Gasteiger partial charge on any atom is -0.545 e. The number of hydrogen-bond donors (Lipinski definition) is 4. The number of rotatable bonds is 8. The van der Waals surface area contributed by atoms with Crippen LogP contribution in [0.4, 0.5) is 24.5 Å². The van der Waals surface area contributed by atoms with Gasteiger partial charge in [0.05, 0.1) is 48.5 Å². The van der Waals surface area contributed by atoms with E-state index in [0.29, 0.717) is 30.0 Å².